The van der Waals surface area contributed by atoms with Gasteiger partial charge in [-0.3, -0.25) is 14.5 Å². The fourth-order valence-electron chi connectivity index (χ4n) is 3.15. The van der Waals surface area contributed by atoms with Crippen LogP contribution in [0, 0.1) is 5.92 Å². The molecule has 2 aliphatic rings. The van der Waals surface area contributed by atoms with E-state index in [0.717, 1.165) is 25.9 Å². The molecule has 1 fully saturated rings. The molecule has 2 amide bonds. The van der Waals surface area contributed by atoms with Gasteiger partial charge in [-0.1, -0.05) is 0 Å². The van der Waals surface area contributed by atoms with Crippen LogP contribution in [0.4, 0.5) is 5.69 Å². The molecule has 0 radical (unpaired) electrons. The van der Waals surface area contributed by atoms with Crippen LogP contribution in [0.5, 0.6) is 0 Å². The maximum Gasteiger partial charge on any atom is 0.261 e. The van der Waals surface area contributed by atoms with Gasteiger partial charge in [0.2, 0.25) is 0 Å². The molecule has 1 saturated heterocycles. The van der Waals surface area contributed by atoms with Gasteiger partial charge in [0.15, 0.2) is 0 Å². The van der Waals surface area contributed by atoms with Crippen molar-refractivity contribution in [2.75, 3.05) is 32.4 Å². The highest BCUT2D eigenvalue weighted by Crippen LogP contribution is 2.27. The van der Waals surface area contributed by atoms with Crippen molar-refractivity contribution in [3.05, 3.63) is 29.3 Å². The van der Waals surface area contributed by atoms with Crippen LogP contribution in [-0.4, -0.2) is 48.3 Å². The first-order valence-corrected chi connectivity index (χ1v) is 7.00. The van der Waals surface area contributed by atoms with E-state index < -0.39 is 0 Å². The Morgan fingerprint density at radius 3 is 2.75 bits per heavy atom. The second-order valence-corrected chi connectivity index (χ2v) is 5.80. The summed E-state index contributed by atoms with van der Waals surface area (Å²) in [7, 11) is 2.08. The van der Waals surface area contributed by atoms with E-state index in [1.165, 1.54) is 4.90 Å². The lowest BCUT2D eigenvalue weighted by Crippen LogP contribution is -2.41. The van der Waals surface area contributed by atoms with Gasteiger partial charge in [-0.05, 0) is 50.6 Å². The van der Waals surface area contributed by atoms with Crippen LogP contribution in [0.1, 0.15) is 33.6 Å². The number of rotatable bonds is 2. The molecule has 2 heterocycles. The van der Waals surface area contributed by atoms with Gasteiger partial charge in [-0.2, -0.15) is 0 Å². The Hall–Kier alpha value is -1.88. The molecule has 2 aliphatic heterocycles. The SMILES string of the molecule is CN1CCCC(CN2C(=O)c3ccc(N)cc3C2=O)C1. The van der Waals surface area contributed by atoms with Crippen LogP contribution in [-0.2, 0) is 0 Å². The number of hydrogen-bond donors (Lipinski definition) is 1. The van der Waals surface area contributed by atoms with Gasteiger partial charge in [0, 0.05) is 18.8 Å². The Morgan fingerprint density at radius 2 is 2.00 bits per heavy atom. The first kappa shape index (κ1) is 13.1. The number of anilines is 1. The Kier molecular flexibility index (Phi) is 3.22. The molecule has 5 heteroatoms. The normalized spacial score (nSPS) is 23.2. The monoisotopic (exact) mass is 273 g/mol. The zero-order valence-corrected chi connectivity index (χ0v) is 11.6. The van der Waals surface area contributed by atoms with Crippen LogP contribution in [0.15, 0.2) is 18.2 Å². The quantitative estimate of drug-likeness (QED) is 0.649. The van der Waals surface area contributed by atoms with Crippen molar-refractivity contribution in [3.8, 4) is 0 Å². The van der Waals surface area contributed by atoms with Gasteiger partial charge in [0.1, 0.15) is 0 Å². The molecule has 0 saturated carbocycles. The summed E-state index contributed by atoms with van der Waals surface area (Å²) >= 11 is 0. The number of piperidine rings is 1. The van der Waals surface area contributed by atoms with E-state index in [0.29, 0.717) is 29.3 Å². The number of likely N-dealkylation sites (tertiary alicyclic amines) is 1. The van der Waals surface area contributed by atoms with E-state index in [1.54, 1.807) is 18.2 Å². The molecule has 0 aromatic heterocycles. The van der Waals surface area contributed by atoms with E-state index in [1.807, 2.05) is 0 Å². The Bertz CT molecular complexity index is 570. The van der Waals surface area contributed by atoms with Gasteiger partial charge >= 0.3 is 0 Å². The summed E-state index contributed by atoms with van der Waals surface area (Å²) in [5, 5.41) is 0. The highest BCUT2D eigenvalue weighted by Gasteiger charge is 2.37. The average molecular weight is 273 g/mol. The van der Waals surface area contributed by atoms with Crippen molar-refractivity contribution in [2.24, 2.45) is 5.92 Å². The smallest absolute Gasteiger partial charge is 0.261 e. The lowest BCUT2D eigenvalue weighted by molar-refractivity contribution is 0.0598. The van der Waals surface area contributed by atoms with Crippen LogP contribution in [0.25, 0.3) is 0 Å². The summed E-state index contributed by atoms with van der Waals surface area (Å²) in [6.45, 7) is 2.54. The predicted molar refractivity (Wildman–Crippen MR) is 76.4 cm³/mol. The highest BCUT2D eigenvalue weighted by molar-refractivity contribution is 6.21. The summed E-state index contributed by atoms with van der Waals surface area (Å²) in [6.07, 6.45) is 2.19. The van der Waals surface area contributed by atoms with Crippen molar-refractivity contribution < 1.29 is 9.59 Å². The van der Waals surface area contributed by atoms with Crippen LogP contribution < -0.4 is 5.73 Å². The summed E-state index contributed by atoms with van der Waals surface area (Å²) in [5.41, 5.74) is 7.14. The van der Waals surface area contributed by atoms with Crippen LogP contribution >= 0.6 is 0 Å². The third kappa shape index (κ3) is 2.18. The van der Waals surface area contributed by atoms with Gasteiger partial charge in [0.25, 0.3) is 11.8 Å². The molecule has 2 N–H and O–H groups in total. The number of nitrogens with zero attached hydrogens (tertiary/aromatic N) is 2. The van der Waals surface area contributed by atoms with E-state index in [4.69, 9.17) is 5.73 Å². The number of carbonyl (C=O) groups is 2. The van der Waals surface area contributed by atoms with Gasteiger partial charge in [0.05, 0.1) is 11.1 Å². The second kappa shape index (κ2) is 4.90. The number of fused-ring (bicyclic) bond motifs is 1. The van der Waals surface area contributed by atoms with E-state index in [-0.39, 0.29) is 11.8 Å². The first-order chi connectivity index (χ1) is 9.56. The maximum absolute atomic E-state index is 12.4. The standard InChI is InChI=1S/C15H19N3O2/c1-17-6-2-3-10(8-17)9-18-14(19)12-5-4-11(16)7-13(12)15(18)20/h4-5,7,10H,2-3,6,8-9,16H2,1H3. The second-order valence-electron chi connectivity index (χ2n) is 5.80. The molecule has 3 rings (SSSR count). The van der Waals surface area contributed by atoms with Gasteiger partial charge < -0.3 is 10.6 Å². The topological polar surface area (TPSA) is 66.6 Å². The fourth-order valence-corrected chi connectivity index (χ4v) is 3.15. The van der Waals surface area contributed by atoms with Crippen molar-refractivity contribution >= 4 is 17.5 Å². The van der Waals surface area contributed by atoms with Gasteiger partial charge in [-0.25, -0.2) is 0 Å². The zero-order chi connectivity index (χ0) is 14.3. The number of nitrogens with two attached hydrogens (primary N) is 1. The highest BCUT2D eigenvalue weighted by atomic mass is 16.2. The number of benzene rings is 1. The average Bonchev–Trinajstić information content (AvgIpc) is 2.64. The molecule has 0 spiro atoms. The maximum atomic E-state index is 12.4. The summed E-state index contributed by atoms with van der Waals surface area (Å²) < 4.78 is 0. The number of carbonyl (C=O) groups excluding carboxylic acids is 2. The molecule has 1 aromatic carbocycles. The third-order valence-electron chi connectivity index (χ3n) is 4.16. The predicted octanol–water partition coefficient (Wildman–Crippen LogP) is 1.21. The molecule has 1 unspecified atom stereocenters. The van der Waals surface area contributed by atoms with E-state index >= 15 is 0 Å². The number of amides is 2. The Balaban J connectivity index is 1.79. The van der Waals surface area contributed by atoms with Crippen molar-refractivity contribution in [1.29, 1.82) is 0 Å². The van der Waals surface area contributed by atoms with Crippen LogP contribution in [0.3, 0.4) is 0 Å². The van der Waals surface area contributed by atoms with Crippen molar-refractivity contribution in [1.82, 2.24) is 9.80 Å². The fraction of sp³-hybridized carbons (Fsp3) is 0.467. The summed E-state index contributed by atoms with van der Waals surface area (Å²) in [4.78, 5) is 28.3. The summed E-state index contributed by atoms with van der Waals surface area (Å²) in [5.74, 6) is -0.0166. The Morgan fingerprint density at radius 1 is 1.25 bits per heavy atom. The minimum absolute atomic E-state index is 0.182. The van der Waals surface area contributed by atoms with E-state index in [9.17, 15) is 9.59 Å². The molecule has 0 bridgehead atoms. The number of hydrogen-bond acceptors (Lipinski definition) is 4. The molecule has 0 aliphatic carbocycles. The van der Waals surface area contributed by atoms with Crippen LogP contribution in [0.2, 0.25) is 0 Å². The number of imide groups is 1. The number of nitrogen functional groups attached to an aromatic ring is 1. The molecular formula is C15H19N3O2. The minimum Gasteiger partial charge on any atom is -0.399 e. The lowest BCUT2D eigenvalue weighted by atomic mass is 9.98. The lowest BCUT2D eigenvalue weighted by Gasteiger charge is -2.31. The molecule has 106 valence electrons. The molecule has 1 atom stereocenters. The first-order valence-electron chi connectivity index (χ1n) is 7.00. The minimum atomic E-state index is -0.203. The molecule has 5 nitrogen and oxygen atoms in total. The van der Waals surface area contributed by atoms with Crippen molar-refractivity contribution in [3.63, 3.8) is 0 Å². The molecule has 20 heavy (non-hydrogen) atoms. The molecular weight excluding hydrogens is 254 g/mol. The zero-order valence-electron chi connectivity index (χ0n) is 11.6. The van der Waals surface area contributed by atoms with Crippen molar-refractivity contribution in [2.45, 2.75) is 12.8 Å². The third-order valence-corrected chi connectivity index (χ3v) is 4.16. The largest absolute Gasteiger partial charge is 0.399 e. The Labute approximate surface area is 118 Å². The molecule has 1 aromatic rings. The van der Waals surface area contributed by atoms with Gasteiger partial charge in [-0.15, -0.1) is 0 Å². The van der Waals surface area contributed by atoms with E-state index in [2.05, 4.69) is 11.9 Å². The summed E-state index contributed by atoms with van der Waals surface area (Å²) in [6, 6.07) is 4.92.